The molecule has 0 aliphatic rings. The van der Waals surface area contributed by atoms with Gasteiger partial charge in [0, 0.05) is 14.2 Å². The van der Waals surface area contributed by atoms with Crippen molar-refractivity contribution in [3.63, 3.8) is 0 Å². The molecule has 15 heavy (non-hydrogen) atoms. The van der Waals surface area contributed by atoms with Crippen molar-refractivity contribution in [3.05, 3.63) is 0 Å². The van der Waals surface area contributed by atoms with Crippen molar-refractivity contribution in [2.45, 2.75) is 6.10 Å². The van der Waals surface area contributed by atoms with Gasteiger partial charge < -0.3 is 9.05 Å². The minimum absolute atomic E-state index is 0.441. The summed E-state index contributed by atoms with van der Waals surface area (Å²) in [6.45, 7) is 0. The average molecular weight is 257 g/mol. The molecule has 0 aliphatic heterocycles. The Morgan fingerprint density at radius 2 is 1.87 bits per heavy atom. The third-order valence-corrected chi connectivity index (χ3v) is 3.85. The summed E-state index contributed by atoms with van der Waals surface area (Å²) in [6, 6.07) is 1.55. The lowest BCUT2D eigenvalue weighted by atomic mass is 10.5. The third kappa shape index (κ3) is 5.87. The fourth-order valence-corrected chi connectivity index (χ4v) is 2.37. The minimum Gasteiger partial charge on any atom is -0.312 e. The van der Waals surface area contributed by atoms with Gasteiger partial charge in [-0.3, -0.25) is 8.75 Å². The highest BCUT2D eigenvalue weighted by molar-refractivity contribution is 7.86. The van der Waals surface area contributed by atoms with E-state index in [9.17, 15) is 13.0 Å². The zero-order chi connectivity index (χ0) is 12.1. The van der Waals surface area contributed by atoms with E-state index in [1.165, 1.54) is 0 Å². The van der Waals surface area contributed by atoms with E-state index in [1.54, 1.807) is 6.07 Å². The van der Waals surface area contributed by atoms with Crippen molar-refractivity contribution >= 4 is 17.7 Å². The van der Waals surface area contributed by atoms with Crippen LogP contribution < -0.4 is 0 Å². The van der Waals surface area contributed by atoms with Crippen LogP contribution >= 0.6 is 7.60 Å². The van der Waals surface area contributed by atoms with Gasteiger partial charge in [0.05, 0.1) is 18.5 Å². The molecule has 0 radical (unpaired) electrons. The summed E-state index contributed by atoms with van der Waals surface area (Å²) in [5.41, 5.74) is 0. The molecule has 1 atom stereocenters. The first-order valence-electron chi connectivity index (χ1n) is 3.74. The Hall–Kier alpha value is -0.450. The van der Waals surface area contributed by atoms with Gasteiger partial charge in [-0.25, -0.2) is 0 Å². The second-order valence-electron chi connectivity index (χ2n) is 2.58. The third-order valence-electron chi connectivity index (χ3n) is 1.38. The van der Waals surface area contributed by atoms with Crippen LogP contribution in [-0.2, 0) is 27.9 Å². The quantitative estimate of drug-likeness (QED) is 0.499. The van der Waals surface area contributed by atoms with E-state index in [4.69, 9.17) is 5.26 Å². The molecule has 0 heterocycles. The molecule has 0 rings (SSSR count). The summed E-state index contributed by atoms with van der Waals surface area (Å²) in [6.07, 6.45) is -1.03. The molecule has 0 aromatic rings. The van der Waals surface area contributed by atoms with Crippen LogP contribution in [-0.4, -0.2) is 41.2 Å². The largest absolute Gasteiger partial charge is 0.333 e. The van der Waals surface area contributed by atoms with Gasteiger partial charge in [0.2, 0.25) is 0 Å². The van der Waals surface area contributed by atoms with E-state index in [1.807, 2.05) is 0 Å². The average Bonchev–Trinajstić information content (AvgIpc) is 2.14. The van der Waals surface area contributed by atoms with Crippen LogP contribution in [0.1, 0.15) is 0 Å². The fraction of sp³-hybridized carbons (Fsp3) is 0.833. The van der Waals surface area contributed by atoms with Crippen LogP contribution in [0.4, 0.5) is 0 Å². The maximum absolute atomic E-state index is 11.5. The van der Waals surface area contributed by atoms with Gasteiger partial charge in [0.25, 0.3) is 10.1 Å². The van der Waals surface area contributed by atoms with E-state index >= 15 is 0 Å². The van der Waals surface area contributed by atoms with E-state index in [0.29, 0.717) is 0 Å². The van der Waals surface area contributed by atoms with Crippen LogP contribution in [0.25, 0.3) is 0 Å². The van der Waals surface area contributed by atoms with E-state index in [-0.39, 0.29) is 0 Å². The molecule has 88 valence electrons. The number of nitriles is 1. The molecule has 0 N–H and O–H groups in total. The van der Waals surface area contributed by atoms with Gasteiger partial charge in [-0.15, -0.1) is 0 Å². The summed E-state index contributed by atoms with van der Waals surface area (Å²) in [5, 5.41) is 8.57. The summed E-state index contributed by atoms with van der Waals surface area (Å²) in [7, 11) is -4.95. The Labute approximate surface area is 88.6 Å². The van der Waals surface area contributed by atoms with E-state index in [0.717, 1.165) is 20.5 Å². The summed E-state index contributed by atoms with van der Waals surface area (Å²) in [5.74, 6) is 0. The van der Waals surface area contributed by atoms with Crippen LogP contribution in [0.15, 0.2) is 0 Å². The fourth-order valence-electron chi connectivity index (χ4n) is 0.730. The van der Waals surface area contributed by atoms with E-state index < -0.39 is 30.0 Å². The predicted octanol–water partition coefficient (Wildman–Crippen LogP) is 0.341. The molecule has 0 bridgehead atoms. The molecule has 0 saturated heterocycles. The molecule has 1 unspecified atom stereocenters. The van der Waals surface area contributed by atoms with Crippen molar-refractivity contribution in [1.82, 2.24) is 0 Å². The van der Waals surface area contributed by atoms with Gasteiger partial charge >= 0.3 is 7.60 Å². The highest BCUT2D eigenvalue weighted by Crippen LogP contribution is 2.47. The molecule has 0 saturated carbocycles. The van der Waals surface area contributed by atoms with Crippen LogP contribution in [0.3, 0.4) is 0 Å². The number of rotatable bonds is 6. The van der Waals surface area contributed by atoms with Crippen LogP contribution in [0.2, 0.25) is 0 Å². The van der Waals surface area contributed by atoms with Gasteiger partial charge in [0.1, 0.15) is 0 Å². The van der Waals surface area contributed by atoms with Crippen molar-refractivity contribution < 1.29 is 26.2 Å². The van der Waals surface area contributed by atoms with Gasteiger partial charge in [-0.2, -0.15) is 13.7 Å². The van der Waals surface area contributed by atoms with Crippen molar-refractivity contribution in [2.75, 3.05) is 26.6 Å². The molecule has 0 spiro atoms. The molecule has 0 amide bonds. The number of nitrogens with zero attached hydrogens (tertiary/aromatic N) is 1. The first-order chi connectivity index (χ1) is 6.76. The lowest BCUT2D eigenvalue weighted by molar-refractivity contribution is 0.243. The maximum Gasteiger partial charge on any atom is 0.333 e. The Morgan fingerprint density at radius 3 is 2.13 bits per heavy atom. The van der Waals surface area contributed by atoms with Crippen molar-refractivity contribution in [3.8, 4) is 6.07 Å². The Balaban J connectivity index is 4.62. The minimum atomic E-state index is -3.78. The highest BCUT2D eigenvalue weighted by atomic mass is 32.2. The Kier molecular flexibility index (Phi) is 5.42. The second kappa shape index (κ2) is 5.58. The van der Waals surface area contributed by atoms with Gasteiger partial charge in [0.15, 0.2) is 6.10 Å². The van der Waals surface area contributed by atoms with E-state index in [2.05, 4.69) is 13.2 Å². The molecule has 0 aromatic carbocycles. The molecule has 0 fully saturated rings. The zero-order valence-electron chi connectivity index (χ0n) is 8.54. The lowest BCUT2D eigenvalue weighted by Gasteiger charge is -2.15. The predicted molar refractivity (Wildman–Crippen MR) is 51.8 cm³/mol. The highest BCUT2D eigenvalue weighted by Gasteiger charge is 2.29. The lowest BCUT2D eigenvalue weighted by Crippen LogP contribution is -2.20. The summed E-state index contributed by atoms with van der Waals surface area (Å²) in [4.78, 5) is 0. The molecular formula is C6H12NO6PS. The molecule has 7 nitrogen and oxygen atoms in total. The monoisotopic (exact) mass is 257 g/mol. The second-order valence-corrected chi connectivity index (χ2v) is 6.49. The first kappa shape index (κ1) is 14.6. The maximum atomic E-state index is 11.5. The van der Waals surface area contributed by atoms with Gasteiger partial charge in [-0.1, -0.05) is 0 Å². The zero-order valence-corrected chi connectivity index (χ0v) is 10.2. The molecular weight excluding hydrogens is 245 g/mol. The summed E-state index contributed by atoms with van der Waals surface area (Å²) < 4.78 is 46.4. The normalized spacial score (nSPS) is 14.5. The standard InChI is InChI=1S/C6H12NO6PS/c1-11-14(8,12-2)5-6(4-7)13-15(3,9)10/h6H,5H2,1-3H3. The molecule has 0 aliphatic carbocycles. The number of hydrogen-bond acceptors (Lipinski definition) is 7. The Bertz CT molecular complexity index is 377. The molecule has 9 heteroatoms. The number of hydrogen-bond donors (Lipinski definition) is 0. The van der Waals surface area contributed by atoms with Crippen molar-refractivity contribution in [2.24, 2.45) is 0 Å². The summed E-state index contributed by atoms with van der Waals surface area (Å²) >= 11 is 0. The molecule has 0 aromatic heterocycles. The smallest absolute Gasteiger partial charge is 0.312 e. The van der Waals surface area contributed by atoms with Crippen LogP contribution in [0.5, 0.6) is 0 Å². The van der Waals surface area contributed by atoms with Crippen molar-refractivity contribution in [1.29, 1.82) is 5.26 Å². The topological polar surface area (TPSA) is 103 Å². The Morgan fingerprint density at radius 1 is 1.40 bits per heavy atom. The van der Waals surface area contributed by atoms with Crippen LogP contribution in [0, 0.1) is 11.3 Å². The van der Waals surface area contributed by atoms with Gasteiger partial charge in [-0.05, 0) is 0 Å². The SMILES string of the molecule is COP(=O)(CC(C#N)OS(C)(=O)=O)OC. The first-order valence-corrected chi connectivity index (χ1v) is 7.29.